The number of nitrogens with zero attached hydrogens (tertiary/aromatic N) is 2. The van der Waals surface area contributed by atoms with E-state index in [2.05, 4.69) is 4.98 Å². The Labute approximate surface area is 166 Å². The second-order valence-electron chi connectivity index (χ2n) is 5.89. The molecule has 0 aliphatic carbocycles. The molecule has 0 amide bonds. The highest BCUT2D eigenvalue weighted by atomic mass is 32.2. The Bertz CT molecular complexity index is 1350. The number of aromatic nitrogens is 1. The van der Waals surface area contributed by atoms with Gasteiger partial charge in [-0.2, -0.15) is 10.5 Å². The van der Waals surface area contributed by atoms with Crippen molar-refractivity contribution in [2.75, 3.05) is 12.8 Å². The summed E-state index contributed by atoms with van der Waals surface area (Å²) in [6, 6.07) is 15.3. The molecule has 8 nitrogen and oxygen atoms in total. The monoisotopic (exact) mass is 406 g/mol. The maximum Gasteiger partial charge on any atom is 0.268 e. The van der Waals surface area contributed by atoms with Gasteiger partial charge in [0.1, 0.15) is 34.8 Å². The SMILES string of the molecule is COc1ccc(-c2c(C#N)c(N)[nH]c(=O)c2C#N)c(S(=O)(=O)c2ccccc2)c1. The molecule has 0 radical (unpaired) electrons. The van der Waals surface area contributed by atoms with Gasteiger partial charge in [-0.05, 0) is 30.3 Å². The zero-order valence-electron chi connectivity index (χ0n) is 15.1. The van der Waals surface area contributed by atoms with E-state index < -0.39 is 21.0 Å². The van der Waals surface area contributed by atoms with E-state index in [1.165, 1.54) is 37.4 Å². The van der Waals surface area contributed by atoms with E-state index >= 15 is 0 Å². The van der Waals surface area contributed by atoms with Crippen molar-refractivity contribution in [3.05, 3.63) is 70.0 Å². The van der Waals surface area contributed by atoms with Gasteiger partial charge in [0, 0.05) is 11.1 Å². The predicted octanol–water partition coefficient (Wildman–Crippen LogP) is 2.21. The summed E-state index contributed by atoms with van der Waals surface area (Å²) in [6.45, 7) is 0. The van der Waals surface area contributed by atoms with E-state index in [0.717, 1.165) is 0 Å². The first-order chi connectivity index (χ1) is 13.8. The van der Waals surface area contributed by atoms with Gasteiger partial charge < -0.3 is 15.5 Å². The molecule has 0 saturated heterocycles. The summed E-state index contributed by atoms with van der Waals surface area (Å²) < 4.78 is 31.8. The number of hydrogen-bond acceptors (Lipinski definition) is 7. The minimum Gasteiger partial charge on any atom is -0.497 e. The largest absolute Gasteiger partial charge is 0.497 e. The summed E-state index contributed by atoms with van der Waals surface area (Å²) in [6.07, 6.45) is 0. The number of benzene rings is 2. The van der Waals surface area contributed by atoms with Crippen molar-refractivity contribution >= 4 is 15.7 Å². The number of hydrogen-bond donors (Lipinski definition) is 2. The standard InChI is InChI=1S/C20H14N4O4S/c1-28-12-7-8-14(17(9-12)29(26,27)13-5-3-2-4-6-13)18-15(10-21)19(23)24-20(25)16(18)11-22/h2-9H,1H3,(H3,23,24,25). The Morgan fingerprint density at radius 1 is 1.03 bits per heavy atom. The molecule has 0 fully saturated rings. The topological polar surface area (TPSA) is 150 Å². The molecule has 3 aromatic rings. The number of nitriles is 2. The van der Waals surface area contributed by atoms with Gasteiger partial charge in [-0.3, -0.25) is 4.79 Å². The average Bonchev–Trinajstić information content (AvgIpc) is 2.73. The highest BCUT2D eigenvalue weighted by Crippen LogP contribution is 2.37. The zero-order chi connectivity index (χ0) is 21.2. The summed E-state index contributed by atoms with van der Waals surface area (Å²) in [7, 11) is -2.70. The lowest BCUT2D eigenvalue weighted by atomic mass is 9.96. The van der Waals surface area contributed by atoms with Crippen LogP contribution in [0.2, 0.25) is 0 Å². The molecular weight excluding hydrogens is 392 g/mol. The van der Waals surface area contributed by atoms with E-state index in [0.29, 0.717) is 0 Å². The molecular formula is C20H14N4O4S. The van der Waals surface area contributed by atoms with Gasteiger partial charge in [0.2, 0.25) is 9.84 Å². The lowest BCUT2D eigenvalue weighted by Gasteiger charge is -2.15. The summed E-state index contributed by atoms with van der Waals surface area (Å²) in [5.74, 6) is -0.0107. The number of ether oxygens (including phenoxy) is 1. The van der Waals surface area contributed by atoms with E-state index in [-0.39, 0.29) is 38.0 Å². The molecule has 3 N–H and O–H groups in total. The molecule has 1 heterocycles. The fourth-order valence-electron chi connectivity index (χ4n) is 2.90. The van der Waals surface area contributed by atoms with Crippen LogP contribution in [0.1, 0.15) is 11.1 Å². The quantitative estimate of drug-likeness (QED) is 0.674. The van der Waals surface area contributed by atoms with Crippen LogP contribution in [0.3, 0.4) is 0 Å². The van der Waals surface area contributed by atoms with Crippen molar-refractivity contribution in [3.63, 3.8) is 0 Å². The van der Waals surface area contributed by atoms with Crippen molar-refractivity contribution in [1.82, 2.24) is 4.98 Å². The van der Waals surface area contributed by atoms with Crippen molar-refractivity contribution in [2.24, 2.45) is 0 Å². The summed E-state index contributed by atoms with van der Waals surface area (Å²) in [4.78, 5) is 14.3. The summed E-state index contributed by atoms with van der Waals surface area (Å²) in [5.41, 5.74) is 4.18. The third-order valence-corrected chi connectivity index (χ3v) is 6.08. The van der Waals surface area contributed by atoms with Gasteiger partial charge in [-0.15, -0.1) is 0 Å². The number of nitrogen functional groups attached to an aromatic ring is 1. The minimum atomic E-state index is -4.08. The molecule has 0 aliphatic rings. The second kappa shape index (κ2) is 7.50. The molecule has 3 rings (SSSR count). The van der Waals surface area contributed by atoms with Crippen LogP contribution in [0.4, 0.5) is 5.82 Å². The smallest absolute Gasteiger partial charge is 0.268 e. The van der Waals surface area contributed by atoms with Crippen molar-refractivity contribution in [2.45, 2.75) is 9.79 Å². The Morgan fingerprint density at radius 2 is 1.69 bits per heavy atom. The Balaban J connectivity index is 2.49. The molecule has 0 unspecified atom stereocenters. The van der Waals surface area contributed by atoms with Crippen LogP contribution in [-0.4, -0.2) is 20.5 Å². The number of anilines is 1. The Morgan fingerprint density at radius 3 is 2.28 bits per heavy atom. The van der Waals surface area contributed by atoms with Gasteiger partial charge in [0.15, 0.2) is 0 Å². The molecule has 0 saturated carbocycles. The molecule has 2 aromatic carbocycles. The first-order valence-electron chi connectivity index (χ1n) is 8.19. The maximum absolute atomic E-state index is 13.3. The predicted molar refractivity (Wildman–Crippen MR) is 105 cm³/mol. The summed E-state index contributed by atoms with van der Waals surface area (Å²) >= 11 is 0. The van der Waals surface area contributed by atoms with Crippen LogP contribution in [0.25, 0.3) is 11.1 Å². The number of rotatable bonds is 4. The third-order valence-electron chi connectivity index (χ3n) is 4.27. The Hall–Kier alpha value is -4.08. The highest BCUT2D eigenvalue weighted by molar-refractivity contribution is 7.91. The van der Waals surface area contributed by atoms with E-state index in [9.17, 15) is 23.7 Å². The molecule has 0 atom stereocenters. The van der Waals surface area contributed by atoms with E-state index in [1.807, 2.05) is 6.07 Å². The fourth-order valence-corrected chi connectivity index (χ4v) is 4.40. The number of nitrogens with two attached hydrogens (primary N) is 1. The molecule has 1 aromatic heterocycles. The van der Waals surface area contributed by atoms with Gasteiger partial charge in [-0.25, -0.2) is 8.42 Å². The van der Waals surface area contributed by atoms with Crippen LogP contribution in [-0.2, 0) is 9.84 Å². The minimum absolute atomic E-state index is 0.000512. The van der Waals surface area contributed by atoms with Gasteiger partial charge in [0.25, 0.3) is 5.56 Å². The number of methoxy groups -OCH3 is 1. The average molecular weight is 406 g/mol. The lowest BCUT2D eigenvalue weighted by molar-refractivity contribution is 0.413. The van der Waals surface area contributed by atoms with Crippen LogP contribution in [0, 0.1) is 22.7 Å². The van der Waals surface area contributed by atoms with Gasteiger partial charge in [-0.1, -0.05) is 18.2 Å². The van der Waals surface area contributed by atoms with Gasteiger partial charge in [0.05, 0.1) is 16.9 Å². The highest BCUT2D eigenvalue weighted by Gasteiger charge is 2.27. The van der Waals surface area contributed by atoms with E-state index in [4.69, 9.17) is 10.5 Å². The van der Waals surface area contributed by atoms with Crippen molar-refractivity contribution in [1.29, 1.82) is 10.5 Å². The lowest BCUT2D eigenvalue weighted by Crippen LogP contribution is -2.17. The molecule has 144 valence electrons. The number of aromatic amines is 1. The summed E-state index contributed by atoms with van der Waals surface area (Å²) in [5, 5.41) is 19.0. The third kappa shape index (κ3) is 3.31. The molecule has 0 bridgehead atoms. The van der Waals surface area contributed by atoms with Crippen LogP contribution in [0.15, 0.2) is 63.1 Å². The second-order valence-corrected chi connectivity index (χ2v) is 7.81. The molecule has 0 spiro atoms. The van der Waals surface area contributed by atoms with Crippen LogP contribution >= 0.6 is 0 Å². The van der Waals surface area contributed by atoms with Crippen molar-refractivity contribution in [3.8, 4) is 29.0 Å². The Kier molecular flexibility index (Phi) is 5.09. The molecule has 29 heavy (non-hydrogen) atoms. The van der Waals surface area contributed by atoms with Crippen LogP contribution in [0.5, 0.6) is 5.75 Å². The molecule has 9 heteroatoms. The number of pyridine rings is 1. The molecule has 0 aliphatic heterocycles. The fraction of sp³-hybridized carbons (Fsp3) is 0.0500. The first kappa shape index (κ1) is 19.7. The number of nitrogens with one attached hydrogen (secondary N) is 1. The van der Waals surface area contributed by atoms with Crippen molar-refractivity contribution < 1.29 is 13.2 Å². The maximum atomic E-state index is 13.3. The number of sulfone groups is 1. The van der Waals surface area contributed by atoms with Gasteiger partial charge >= 0.3 is 0 Å². The first-order valence-corrected chi connectivity index (χ1v) is 9.68. The van der Waals surface area contributed by atoms with E-state index in [1.54, 1.807) is 24.3 Å². The normalized spacial score (nSPS) is 10.7. The number of H-pyrrole nitrogens is 1. The van der Waals surface area contributed by atoms with Crippen LogP contribution < -0.4 is 16.0 Å². The zero-order valence-corrected chi connectivity index (χ0v) is 15.9.